The van der Waals surface area contributed by atoms with Gasteiger partial charge in [-0.15, -0.1) is 0 Å². The molecule has 0 saturated carbocycles. The Balaban J connectivity index is 0. The second-order valence-electron chi connectivity index (χ2n) is 4.37. The fourth-order valence-electron chi connectivity index (χ4n) is 1.21. The van der Waals surface area contributed by atoms with Crippen LogP contribution in [0.5, 0.6) is 0 Å². The van der Waals surface area contributed by atoms with Gasteiger partial charge in [-0.1, -0.05) is 46.1 Å². The zero-order valence-corrected chi connectivity index (χ0v) is 12.9. The molecular weight excluding hydrogens is 276 g/mol. The summed E-state index contributed by atoms with van der Waals surface area (Å²) in [4.78, 5) is 40.1. The number of hydrogen-bond acceptors (Lipinski definition) is 5. The zero-order chi connectivity index (χ0) is 16.5. The lowest BCUT2D eigenvalue weighted by atomic mass is 10.2. The van der Waals surface area contributed by atoms with Gasteiger partial charge < -0.3 is 5.11 Å². The van der Waals surface area contributed by atoms with Crippen molar-refractivity contribution in [3.05, 3.63) is 12.7 Å². The molecule has 6 nitrogen and oxygen atoms in total. The zero-order valence-electron chi connectivity index (χ0n) is 12.9. The molecule has 0 aromatic rings. The van der Waals surface area contributed by atoms with Gasteiger partial charge in [0.1, 0.15) is 0 Å². The van der Waals surface area contributed by atoms with E-state index in [0.29, 0.717) is 12.8 Å². The van der Waals surface area contributed by atoms with E-state index in [-0.39, 0.29) is 0 Å². The summed E-state index contributed by atoms with van der Waals surface area (Å²) in [6.07, 6.45) is 7.09. The van der Waals surface area contributed by atoms with E-state index in [1.165, 1.54) is 0 Å². The molecule has 0 aromatic carbocycles. The average Bonchev–Trinajstić information content (AvgIpc) is 2.46. The number of carbonyl (C=O) groups is 3. The van der Waals surface area contributed by atoms with Crippen molar-refractivity contribution in [2.24, 2.45) is 0 Å². The largest absolute Gasteiger partial charge is 0.478 e. The molecule has 6 heteroatoms. The molecule has 0 bridgehead atoms. The predicted octanol–water partition coefficient (Wildman–Crippen LogP) is 3.41. The molecule has 0 aliphatic carbocycles. The van der Waals surface area contributed by atoms with Crippen molar-refractivity contribution in [3.8, 4) is 0 Å². The topological polar surface area (TPSA) is 89.9 Å². The molecule has 0 rings (SSSR count). The summed E-state index contributed by atoms with van der Waals surface area (Å²) >= 11 is 0. The molecular formula is C15H26O6. The number of hydrogen-bond donors (Lipinski definition) is 1. The van der Waals surface area contributed by atoms with Gasteiger partial charge in [-0.3, -0.25) is 0 Å². The van der Waals surface area contributed by atoms with Crippen molar-refractivity contribution in [2.45, 2.75) is 65.2 Å². The monoisotopic (exact) mass is 302 g/mol. The average molecular weight is 302 g/mol. The maximum absolute atomic E-state index is 11.1. The molecule has 0 amide bonds. The SMILES string of the molecule is C=CC(=O)O.CCCCCC(=O)OOC(=O)CCCCC. The van der Waals surface area contributed by atoms with E-state index in [4.69, 9.17) is 5.11 Å². The first-order chi connectivity index (χ1) is 9.97. The summed E-state index contributed by atoms with van der Waals surface area (Å²) in [6.45, 7) is 7.07. The Labute approximate surface area is 126 Å². The first kappa shape index (κ1) is 21.4. The maximum atomic E-state index is 11.1. The Morgan fingerprint density at radius 1 is 0.905 bits per heavy atom. The van der Waals surface area contributed by atoms with E-state index >= 15 is 0 Å². The number of rotatable bonds is 9. The second kappa shape index (κ2) is 16.2. The Kier molecular flexibility index (Phi) is 16.6. The second-order valence-corrected chi connectivity index (χ2v) is 4.37. The first-order valence-electron chi connectivity index (χ1n) is 7.23. The van der Waals surface area contributed by atoms with Crippen molar-refractivity contribution in [1.82, 2.24) is 0 Å². The minimum Gasteiger partial charge on any atom is -0.478 e. The van der Waals surface area contributed by atoms with Gasteiger partial charge in [-0.25, -0.2) is 24.2 Å². The number of carbonyl (C=O) groups excluding carboxylic acids is 2. The summed E-state index contributed by atoms with van der Waals surface area (Å²) in [5.41, 5.74) is 0. The predicted molar refractivity (Wildman–Crippen MR) is 78.3 cm³/mol. The number of aliphatic carboxylic acids is 1. The third-order valence-electron chi connectivity index (χ3n) is 2.37. The van der Waals surface area contributed by atoms with Gasteiger partial charge in [-0.2, -0.15) is 0 Å². The number of carboxylic acids is 1. The lowest BCUT2D eigenvalue weighted by molar-refractivity contribution is -0.259. The van der Waals surface area contributed by atoms with Gasteiger partial charge in [0.2, 0.25) is 0 Å². The van der Waals surface area contributed by atoms with Crippen LogP contribution in [0, 0.1) is 0 Å². The van der Waals surface area contributed by atoms with Gasteiger partial charge in [-0.05, 0) is 12.8 Å². The van der Waals surface area contributed by atoms with Gasteiger partial charge in [0, 0.05) is 6.08 Å². The van der Waals surface area contributed by atoms with Crippen molar-refractivity contribution in [2.75, 3.05) is 0 Å². The Bertz CT molecular complexity index is 289. The highest BCUT2D eigenvalue weighted by Gasteiger charge is 2.08. The van der Waals surface area contributed by atoms with Crippen LogP contribution in [-0.2, 0) is 24.2 Å². The van der Waals surface area contributed by atoms with Gasteiger partial charge in [0.25, 0.3) is 0 Å². The third-order valence-corrected chi connectivity index (χ3v) is 2.37. The first-order valence-corrected chi connectivity index (χ1v) is 7.23. The van der Waals surface area contributed by atoms with Crippen molar-refractivity contribution in [1.29, 1.82) is 0 Å². The van der Waals surface area contributed by atoms with Crippen LogP contribution in [0.3, 0.4) is 0 Å². The Morgan fingerprint density at radius 3 is 1.48 bits per heavy atom. The molecule has 1 N–H and O–H groups in total. The molecule has 21 heavy (non-hydrogen) atoms. The van der Waals surface area contributed by atoms with Crippen LogP contribution in [0.15, 0.2) is 12.7 Å². The summed E-state index contributed by atoms with van der Waals surface area (Å²) in [7, 11) is 0. The molecule has 0 aromatic heterocycles. The van der Waals surface area contributed by atoms with E-state index in [1.807, 2.05) is 0 Å². The van der Waals surface area contributed by atoms with E-state index in [2.05, 4.69) is 30.2 Å². The van der Waals surface area contributed by atoms with Crippen LogP contribution in [0.2, 0.25) is 0 Å². The summed E-state index contributed by atoms with van der Waals surface area (Å²) in [6, 6.07) is 0. The Morgan fingerprint density at radius 2 is 1.24 bits per heavy atom. The van der Waals surface area contributed by atoms with E-state index in [0.717, 1.165) is 44.6 Å². The summed E-state index contributed by atoms with van der Waals surface area (Å²) in [5, 5.41) is 7.60. The normalized spacial score (nSPS) is 9.05. The quantitative estimate of drug-likeness (QED) is 0.304. The molecule has 0 aliphatic rings. The highest BCUT2D eigenvalue weighted by molar-refractivity contribution is 5.78. The van der Waals surface area contributed by atoms with Crippen molar-refractivity contribution < 1.29 is 29.3 Å². The molecule has 0 radical (unpaired) electrons. The smallest absolute Gasteiger partial charge is 0.355 e. The maximum Gasteiger partial charge on any atom is 0.355 e. The van der Waals surface area contributed by atoms with Crippen LogP contribution in [0.1, 0.15) is 65.2 Å². The highest BCUT2D eigenvalue weighted by atomic mass is 17.2. The lowest BCUT2D eigenvalue weighted by Gasteiger charge is -2.02. The van der Waals surface area contributed by atoms with Crippen molar-refractivity contribution in [3.63, 3.8) is 0 Å². The standard InChI is InChI=1S/C12H22O4.C3H4O2/c1-3-5-7-9-11(13)15-16-12(14)10-8-6-4-2;1-2-3(4)5/h3-10H2,1-2H3;2H,1H2,(H,4,5). The molecule has 0 spiro atoms. The minimum absolute atomic E-state index is 0.316. The minimum atomic E-state index is -0.981. The lowest BCUT2D eigenvalue weighted by Crippen LogP contribution is -2.10. The van der Waals surface area contributed by atoms with Crippen LogP contribution in [0.25, 0.3) is 0 Å². The molecule has 0 fully saturated rings. The highest BCUT2D eigenvalue weighted by Crippen LogP contribution is 2.03. The summed E-state index contributed by atoms with van der Waals surface area (Å²) < 4.78 is 0. The molecule has 0 unspecified atom stereocenters. The van der Waals surface area contributed by atoms with Crippen LogP contribution >= 0.6 is 0 Å². The molecule has 0 saturated heterocycles. The van der Waals surface area contributed by atoms with E-state index < -0.39 is 17.9 Å². The molecule has 0 atom stereocenters. The summed E-state index contributed by atoms with van der Waals surface area (Å²) in [5.74, 6) is -1.90. The third kappa shape index (κ3) is 20.6. The van der Waals surface area contributed by atoms with E-state index in [1.54, 1.807) is 0 Å². The van der Waals surface area contributed by atoms with Crippen LogP contribution < -0.4 is 0 Å². The van der Waals surface area contributed by atoms with Gasteiger partial charge >= 0.3 is 17.9 Å². The fourth-order valence-corrected chi connectivity index (χ4v) is 1.21. The van der Waals surface area contributed by atoms with Crippen molar-refractivity contribution >= 4 is 17.9 Å². The van der Waals surface area contributed by atoms with E-state index in [9.17, 15) is 14.4 Å². The molecule has 0 heterocycles. The number of unbranched alkanes of at least 4 members (excludes halogenated alkanes) is 4. The fraction of sp³-hybridized carbons (Fsp3) is 0.667. The van der Waals surface area contributed by atoms with Crippen LogP contribution in [-0.4, -0.2) is 23.0 Å². The van der Waals surface area contributed by atoms with Gasteiger partial charge in [0.15, 0.2) is 0 Å². The Hall–Kier alpha value is -1.85. The van der Waals surface area contributed by atoms with Crippen LogP contribution in [0.4, 0.5) is 0 Å². The molecule has 122 valence electrons. The number of carboxylic acid groups (broad SMARTS) is 1. The van der Waals surface area contributed by atoms with Gasteiger partial charge in [0.05, 0.1) is 12.8 Å². The molecule has 0 aliphatic heterocycles.